The second kappa shape index (κ2) is 10.2. The number of carbonyl (C=O) groups is 1. The van der Waals surface area contributed by atoms with E-state index in [0.717, 1.165) is 22.6 Å². The van der Waals surface area contributed by atoms with Gasteiger partial charge in [0, 0.05) is 24.9 Å². The smallest absolute Gasteiger partial charge is 0.237 e. The fourth-order valence-corrected chi connectivity index (χ4v) is 2.80. The molecule has 0 aliphatic heterocycles. The van der Waals surface area contributed by atoms with E-state index in [2.05, 4.69) is 10.3 Å². The van der Waals surface area contributed by atoms with Gasteiger partial charge >= 0.3 is 0 Å². The Morgan fingerprint density at radius 3 is 2.43 bits per heavy atom. The first-order valence-corrected chi connectivity index (χ1v) is 9.39. The van der Waals surface area contributed by atoms with Gasteiger partial charge < -0.3 is 15.8 Å². The van der Waals surface area contributed by atoms with Crippen molar-refractivity contribution in [1.29, 1.82) is 0 Å². The highest BCUT2D eigenvalue weighted by atomic mass is 16.5. The van der Waals surface area contributed by atoms with Crippen molar-refractivity contribution >= 4 is 5.91 Å². The Morgan fingerprint density at radius 1 is 0.964 bits per heavy atom. The van der Waals surface area contributed by atoms with Gasteiger partial charge in [-0.05, 0) is 41.8 Å². The van der Waals surface area contributed by atoms with Crippen molar-refractivity contribution in [3.63, 3.8) is 0 Å². The number of hydrogen-bond donors (Lipinski definition) is 2. The second-order valence-electron chi connectivity index (χ2n) is 6.59. The molecule has 1 aromatic heterocycles. The molecule has 0 saturated heterocycles. The number of amides is 1. The summed E-state index contributed by atoms with van der Waals surface area (Å²) in [4.78, 5) is 16.4. The molecule has 3 rings (SSSR count). The first-order chi connectivity index (χ1) is 13.7. The molecular formula is C23H25N3O2. The van der Waals surface area contributed by atoms with Crippen LogP contribution in [-0.2, 0) is 24.2 Å². The van der Waals surface area contributed by atoms with E-state index in [0.29, 0.717) is 26.0 Å². The number of carbonyl (C=O) groups excluding carboxylic acids is 1. The quantitative estimate of drug-likeness (QED) is 0.603. The van der Waals surface area contributed by atoms with Crippen LogP contribution in [0.2, 0.25) is 0 Å². The second-order valence-corrected chi connectivity index (χ2v) is 6.59. The van der Waals surface area contributed by atoms with Crippen LogP contribution < -0.4 is 15.8 Å². The van der Waals surface area contributed by atoms with Crippen LogP contribution in [0.4, 0.5) is 0 Å². The number of pyridine rings is 1. The third kappa shape index (κ3) is 6.21. The van der Waals surface area contributed by atoms with E-state index < -0.39 is 6.04 Å². The lowest BCUT2D eigenvalue weighted by Gasteiger charge is -2.13. The lowest BCUT2D eigenvalue weighted by Crippen LogP contribution is -2.42. The van der Waals surface area contributed by atoms with Crippen LogP contribution in [0.3, 0.4) is 0 Å². The van der Waals surface area contributed by atoms with Gasteiger partial charge in [-0.25, -0.2) is 0 Å². The van der Waals surface area contributed by atoms with Crippen molar-refractivity contribution in [3.05, 3.63) is 95.8 Å². The molecule has 0 radical (unpaired) electrons. The van der Waals surface area contributed by atoms with E-state index in [1.807, 2.05) is 72.8 Å². The Hall–Kier alpha value is -3.18. The fraction of sp³-hybridized carbons (Fsp3) is 0.217. The van der Waals surface area contributed by atoms with Gasteiger partial charge in [0.2, 0.25) is 5.91 Å². The molecule has 3 N–H and O–H groups in total. The minimum atomic E-state index is -0.584. The Labute approximate surface area is 165 Å². The molecule has 1 unspecified atom stereocenters. The molecule has 0 aliphatic rings. The monoisotopic (exact) mass is 375 g/mol. The summed E-state index contributed by atoms with van der Waals surface area (Å²) in [6.45, 7) is 1.05. The molecule has 5 heteroatoms. The summed E-state index contributed by atoms with van der Waals surface area (Å²) in [5.41, 5.74) is 9.11. The van der Waals surface area contributed by atoms with Crippen molar-refractivity contribution in [3.8, 4) is 5.75 Å². The van der Waals surface area contributed by atoms with E-state index in [9.17, 15) is 4.79 Å². The number of aromatic nitrogens is 1. The van der Waals surface area contributed by atoms with Crippen LogP contribution in [-0.4, -0.2) is 23.5 Å². The number of hydrogen-bond acceptors (Lipinski definition) is 4. The highest BCUT2D eigenvalue weighted by molar-refractivity contribution is 5.81. The number of rotatable bonds is 9. The van der Waals surface area contributed by atoms with Gasteiger partial charge in [0.05, 0.1) is 6.04 Å². The minimum Gasteiger partial charge on any atom is -0.489 e. The number of benzene rings is 2. The fourth-order valence-electron chi connectivity index (χ4n) is 2.80. The van der Waals surface area contributed by atoms with Crippen LogP contribution in [0.1, 0.15) is 16.8 Å². The summed E-state index contributed by atoms with van der Waals surface area (Å²) in [6.07, 6.45) is 2.91. The maximum absolute atomic E-state index is 12.2. The zero-order valence-corrected chi connectivity index (χ0v) is 15.8. The molecule has 0 bridgehead atoms. The molecule has 28 heavy (non-hydrogen) atoms. The third-order valence-corrected chi connectivity index (χ3v) is 4.37. The predicted molar refractivity (Wildman–Crippen MR) is 110 cm³/mol. The van der Waals surface area contributed by atoms with Gasteiger partial charge in [-0.15, -0.1) is 0 Å². The summed E-state index contributed by atoms with van der Waals surface area (Å²) in [6, 6.07) is 22.9. The standard InChI is InChI=1S/C23H25N3O2/c24-22(23(27)26-15-13-20-8-4-5-14-25-20)16-18-9-11-21(12-10-18)28-17-19-6-2-1-3-7-19/h1-12,14,22H,13,15-17,24H2,(H,26,27). The van der Waals surface area contributed by atoms with Crippen LogP contribution in [0.25, 0.3) is 0 Å². The molecule has 1 amide bonds. The summed E-state index contributed by atoms with van der Waals surface area (Å²) < 4.78 is 5.78. The molecule has 1 atom stereocenters. The molecule has 0 aliphatic carbocycles. The van der Waals surface area contributed by atoms with Gasteiger partial charge in [0.25, 0.3) is 0 Å². The predicted octanol–water partition coefficient (Wildman–Crippen LogP) is 2.89. The number of nitrogens with two attached hydrogens (primary N) is 1. The maximum Gasteiger partial charge on any atom is 0.237 e. The summed E-state index contributed by atoms with van der Waals surface area (Å²) in [7, 11) is 0. The largest absolute Gasteiger partial charge is 0.489 e. The Bertz CT molecular complexity index is 852. The topological polar surface area (TPSA) is 77.2 Å². The average Bonchev–Trinajstić information content (AvgIpc) is 2.74. The first kappa shape index (κ1) is 19.6. The molecule has 5 nitrogen and oxygen atoms in total. The zero-order valence-electron chi connectivity index (χ0n) is 15.8. The van der Waals surface area contributed by atoms with Crippen molar-refractivity contribution in [1.82, 2.24) is 10.3 Å². The minimum absolute atomic E-state index is 0.152. The van der Waals surface area contributed by atoms with Gasteiger partial charge in [-0.1, -0.05) is 48.5 Å². The SMILES string of the molecule is NC(Cc1ccc(OCc2ccccc2)cc1)C(=O)NCCc1ccccn1. The van der Waals surface area contributed by atoms with Gasteiger partial charge in [0.1, 0.15) is 12.4 Å². The van der Waals surface area contributed by atoms with Gasteiger partial charge in [-0.2, -0.15) is 0 Å². The summed E-state index contributed by atoms with van der Waals surface area (Å²) in [5, 5.41) is 2.87. The third-order valence-electron chi connectivity index (χ3n) is 4.37. The first-order valence-electron chi connectivity index (χ1n) is 9.39. The lowest BCUT2D eigenvalue weighted by molar-refractivity contribution is -0.122. The molecule has 0 spiro atoms. The van der Waals surface area contributed by atoms with Gasteiger partial charge in [-0.3, -0.25) is 9.78 Å². The van der Waals surface area contributed by atoms with Crippen molar-refractivity contribution < 1.29 is 9.53 Å². The summed E-state index contributed by atoms with van der Waals surface area (Å²) in [5.74, 6) is 0.640. The highest BCUT2D eigenvalue weighted by Gasteiger charge is 2.13. The van der Waals surface area contributed by atoms with Crippen LogP contribution in [0, 0.1) is 0 Å². The molecule has 1 heterocycles. The normalized spacial score (nSPS) is 11.6. The maximum atomic E-state index is 12.2. The Morgan fingerprint density at radius 2 is 1.71 bits per heavy atom. The van der Waals surface area contributed by atoms with Crippen molar-refractivity contribution in [2.24, 2.45) is 5.73 Å². The molecule has 0 fully saturated rings. The zero-order chi connectivity index (χ0) is 19.6. The summed E-state index contributed by atoms with van der Waals surface area (Å²) >= 11 is 0. The van der Waals surface area contributed by atoms with E-state index in [4.69, 9.17) is 10.5 Å². The Balaban J connectivity index is 1.41. The average molecular weight is 375 g/mol. The number of nitrogens with one attached hydrogen (secondary N) is 1. The molecule has 3 aromatic rings. The molecular weight excluding hydrogens is 350 g/mol. The van der Waals surface area contributed by atoms with Crippen LogP contribution >= 0.6 is 0 Å². The lowest BCUT2D eigenvalue weighted by atomic mass is 10.1. The van der Waals surface area contributed by atoms with Crippen molar-refractivity contribution in [2.45, 2.75) is 25.5 Å². The molecule has 2 aromatic carbocycles. The molecule has 0 saturated carbocycles. The number of nitrogens with zero attached hydrogens (tertiary/aromatic N) is 1. The van der Waals surface area contributed by atoms with Gasteiger partial charge in [0.15, 0.2) is 0 Å². The Kier molecular flexibility index (Phi) is 7.15. The molecule has 144 valence electrons. The van der Waals surface area contributed by atoms with Crippen molar-refractivity contribution in [2.75, 3.05) is 6.54 Å². The van der Waals surface area contributed by atoms with E-state index in [-0.39, 0.29) is 5.91 Å². The highest BCUT2D eigenvalue weighted by Crippen LogP contribution is 2.15. The number of ether oxygens (including phenoxy) is 1. The van der Waals surface area contributed by atoms with Crippen LogP contribution in [0.15, 0.2) is 79.0 Å². The van der Waals surface area contributed by atoms with E-state index in [1.165, 1.54) is 0 Å². The van der Waals surface area contributed by atoms with E-state index >= 15 is 0 Å². The van der Waals surface area contributed by atoms with E-state index in [1.54, 1.807) is 6.20 Å². The van der Waals surface area contributed by atoms with Crippen LogP contribution in [0.5, 0.6) is 5.75 Å².